The molecular formula is C17H21N3O6. The van der Waals surface area contributed by atoms with Gasteiger partial charge in [-0.3, -0.25) is 9.69 Å². The fourth-order valence-electron chi connectivity index (χ4n) is 2.59. The van der Waals surface area contributed by atoms with E-state index in [4.69, 9.17) is 14.2 Å². The molecule has 1 fully saturated rings. The summed E-state index contributed by atoms with van der Waals surface area (Å²) < 4.78 is 15.7. The molecular weight excluding hydrogens is 342 g/mol. The van der Waals surface area contributed by atoms with E-state index < -0.39 is 23.9 Å². The van der Waals surface area contributed by atoms with Crippen LogP contribution in [0.15, 0.2) is 18.2 Å². The van der Waals surface area contributed by atoms with Gasteiger partial charge in [-0.2, -0.15) is 0 Å². The number of rotatable bonds is 3. The number of hydrogen-bond acceptors (Lipinski definition) is 6. The standard InChI is InChI=1S/C17H21N3O6/c1-17(2,3)26-15(22)18-7-11-8-20(16(23)25-11)10-4-5-13-12(6-10)19-14(21)9-24-13/h4-6,11H,7-9H2,1-3H3,(H,18,22)(H,19,21)/t11-/m1/s1. The normalized spacial score (nSPS) is 19.2. The van der Waals surface area contributed by atoms with Gasteiger partial charge in [0.05, 0.1) is 18.8 Å². The van der Waals surface area contributed by atoms with Crippen molar-refractivity contribution in [2.45, 2.75) is 32.5 Å². The van der Waals surface area contributed by atoms with Crippen molar-refractivity contribution in [1.29, 1.82) is 0 Å². The Hall–Kier alpha value is -2.97. The van der Waals surface area contributed by atoms with Crippen molar-refractivity contribution in [3.05, 3.63) is 18.2 Å². The maximum atomic E-state index is 12.1. The Morgan fingerprint density at radius 2 is 2.15 bits per heavy atom. The van der Waals surface area contributed by atoms with Crippen molar-refractivity contribution >= 4 is 29.5 Å². The Bertz CT molecular complexity index is 743. The quantitative estimate of drug-likeness (QED) is 0.849. The Morgan fingerprint density at radius 1 is 1.38 bits per heavy atom. The van der Waals surface area contributed by atoms with Crippen molar-refractivity contribution in [1.82, 2.24) is 5.32 Å². The molecule has 9 heteroatoms. The first-order valence-electron chi connectivity index (χ1n) is 8.23. The molecule has 9 nitrogen and oxygen atoms in total. The summed E-state index contributed by atoms with van der Waals surface area (Å²) in [6, 6.07) is 5.04. The fraction of sp³-hybridized carbons (Fsp3) is 0.471. The molecule has 1 saturated heterocycles. The summed E-state index contributed by atoms with van der Waals surface area (Å²) in [5, 5.41) is 5.28. The summed E-state index contributed by atoms with van der Waals surface area (Å²) in [6.07, 6.45) is -1.60. The second-order valence-electron chi connectivity index (χ2n) is 7.02. The van der Waals surface area contributed by atoms with E-state index in [9.17, 15) is 14.4 Å². The summed E-state index contributed by atoms with van der Waals surface area (Å²) in [6.45, 7) is 5.67. The lowest BCUT2D eigenvalue weighted by atomic mass is 10.2. The van der Waals surface area contributed by atoms with E-state index in [1.807, 2.05) is 0 Å². The number of fused-ring (bicyclic) bond motifs is 1. The molecule has 0 bridgehead atoms. The number of anilines is 2. The fourth-order valence-corrected chi connectivity index (χ4v) is 2.59. The van der Waals surface area contributed by atoms with Crippen LogP contribution in [0.2, 0.25) is 0 Å². The van der Waals surface area contributed by atoms with Crippen molar-refractivity contribution in [3.8, 4) is 5.75 Å². The molecule has 0 saturated carbocycles. The summed E-state index contributed by atoms with van der Waals surface area (Å²) >= 11 is 0. The smallest absolute Gasteiger partial charge is 0.414 e. The minimum absolute atomic E-state index is 0.0312. The Kier molecular flexibility index (Phi) is 4.62. The van der Waals surface area contributed by atoms with E-state index in [0.717, 1.165) is 0 Å². The number of cyclic esters (lactones) is 1. The maximum absolute atomic E-state index is 12.1. The van der Waals surface area contributed by atoms with E-state index in [1.54, 1.807) is 39.0 Å². The zero-order valence-electron chi connectivity index (χ0n) is 14.8. The molecule has 0 radical (unpaired) electrons. The SMILES string of the molecule is CC(C)(C)OC(=O)NC[C@@H]1CN(c2ccc3c(c2)NC(=O)CO3)C(=O)O1. The minimum Gasteiger partial charge on any atom is -0.482 e. The van der Waals surface area contributed by atoms with Crippen LogP contribution in [0, 0.1) is 0 Å². The van der Waals surface area contributed by atoms with Gasteiger partial charge >= 0.3 is 12.2 Å². The van der Waals surface area contributed by atoms with Gasteiger partial charge in [-0.15, -0.1) is 0 Å². The Balaban J connectivity index is 1.61. The first-order chi connectivity index (χ1) is 12.2. The molecule has 2 aliphatic rings. The van der Waals surface area contributed by atoms with Gasteiger partial charge in [0.2, 0.25) is 0 Å². The average molecular weight is 363 g/mol. The van der Waals surface area contributed by atoms with E-state index in [-0.39, 0.29) is 25.6 Å². The average Bonchev–Trinajstić information content (AvgIpc) is 2.91. The highest BCUT2D eigenvalue weighted by atomic mass is 16.6. The number of alkyl carbamates (subject to hydrolysis) is 1. The summed E-state index contributed by atoms with van der Waals surface area (Å²) in [7, 11) is 0. The number of benzene rings is 1. The summed E-state index contributed by atoms with van der Waals surface area (Å²) in [4.78, 5) is 36.7. The highest BCUT2D eigenvalue weighted by Gasteiger charge is 2.33. The summed E-state index contributed by atoms with van der Waals surface area (Å²) in [5.74, 6) is 0.294. The van der Waals surface area contributed by atoms with Crippen LogP contribution < -0.4 is 20.3 Å². The van der Waals surface area contributed by atoms with Crippen molar-refractivity contribution in [2.24, 2.45) is 0 Å². The Morgan fingerprint density at radius 3 is 2.88 bits per heavy atom. The molecule has 2 heterocycles. The van der Waals surface area contributed by atoms with Crippen LogP contribution in [0.1, 0.15) is 20.8 Å². The predicted octanol–water partition coefficient (Wildman–Crippen LogP) is 1.87. The third kappa shape index (κ3) is 4.16. The van der Waals surface area contributed by atoms with Gasteiger partial charge in [-0.25, -0.2) is 9.59 Å². The zero-order valence-corrected chi connectivity index (χ0v) is 14.8. The van der Waals surface area contributed by atoms with Crippen LogP contribution in [0.4, 0.5) is 21.0 Å². The molecule has 140 valence electrons. The van der Waals surface area contributed by atoms with Crippen LogP contribution in [0.5, 0.6) is 5.75 Å². The number of nitrogens with one attached hydrogen (secondary N) is 2. The highest BCUT2D eigenvalue weighted by molar-refractivity contribution is 5.97. The predicted molar refractivity (Wildman–Crippen MR) is 92.4 cm³/mol. The first kappa shape index (κ1) is 17.8. The molecule has 3 rings (SSSR count). The zero-order chi connectivity index (χ0) is 18.9. The molecule has 2 aliphatic heterocycles. The molecule has 3 amide bonds. The largest absolute Gasteiger partial charge is 0.482 e. The monoisotopic (exact) mass is 363 g/mol. The van der Waals surface area contributed by atoms with E-state index in [2.05, 4.69) is 10.6 Å². The third-order valence-electron chi connectivity index (χ3n) is 3.65. The number of amides is 3. The molecule has 0 spiro atoms. The van der Waals surface area contributed by atoms with Crippen LogP contribution >= 0.6 is 0 Å². The topological polar surface area (TPSA) is 106 Å². The second-order valence-corrected chi connectivity index (χ2v) is 7.02. The van der Waals surface area contributed by atoms with Crippen LogP contribution in [0.25, 0.3) is 0 Å². The van der Waals surface area contributed by atoms with Crippen LogP contribution in [-0.4, -0.2) is 49.5 Å². The summed E-state index contributed by atoms with van der Waals surface area (Å²) in [5.41, 5.74) is 0.471. The van der Waals surface area contributed by atoms with Crippen LogP contribution in [-0.2, 0) is 14.3 Å². The minimum atomic E-state index is -0.599. The van der Waals surface area contributed by atoms with Gasteiger partial charge < -0.3 is 24.8 Å². The van der Waals surface area contributed by atoms with Crippen LogP contribution in [0.3, 0.4) is 0 Å². The highest BCUT2D eigenvalue weighted by Crippen LogP contribution is 2.33. The molecule has 1 aromatic rings. The number of hydrogen-bond donors (Lipinski definition) is 2. The molecule has 2 N–H and O–H groups in total. The molecule has 26 heavy (non-hydrogen) atoms. The van der Waals surface area contributed by atoms with Gasteiger partial charge in [-0.1, -0.05) is 0 Å². The Labute approximate surface area is 150 Å². The number of carbonyl (C=O) groups is 3. The first-order valence-corrected chi connectivity index (χ1v) is 8.23. The van der Waals surface area contributed by atoms with E-state index in [1.165, 1.54) is 4.90 Å². The lowest BCUT2D eigenvalue weighted by Gasteiger charge is -2.21. The molecule has 1 atom stereocenters. The molecule has 0 unspecified atom stereocenters. The van der Waals surface area contributed by atoms with E-state index in [0.29, 0.717) is 17.1 Å². The van der Waals surface area contributed by atoms with Gasteiger partial charge in [0.15, 0.2) is 6.61 Å². The van der Waals surface area contributed by atoms with Gasteiger partial charge in [0.25, 0.3) is 5.91 Å². The lowest BCUT2D eigenvalue weighted by Crippen LogP contribution is -2.38. The van der Waals surface area contributed by atoms with Crippen molar-refractivity contribution < 1.29 is 28.6 Å². The lowest BCUT2D eigenvalue weighted by molar-refractivity contribution is -0.118. The van der Waals surface area contributed by atoms with Crippen molar-refractivity contribution in [2.75, 3.05) is 29.9 Å². The van der Waals surface area contributed by atoms with Gasteiger partial charge in [0.1, 0.15) is 17.5 Å². The van der Waals surface area contributed by atoms with Crippen molar-refractivity contribution in [3.63, 3.8) is 0 Å². The number of nitrogens with zero attached hydrogens (tertiary/aromatic N) is 1. The van der Waals surface area contributed by atoms with E-state index >= 15 is 0 Å². The van der Waals surface area contributed by atoms with Gasteiger partial charge in [-0.05, 0) is 39.0 Å². The maximum Gasteiger partial charge on any atom is 0.414 e. The number of carbonyl (C=O) groups excluding carboxylic acids is 3. The number of ether oxygens (including phenoxy) is 3. The molecule has 0 aromatic heterocycles. The second kappa shape index (κ2) is 6.74. The molecule has 1 aromatic carbocycles. The third-order valence-corrected chi connectivity index (χ3v) is 3.65. The molecule has 0 aliphatic carbocycles. The van der Waals surface area contributed by atoms with Gasteiger partial charge in [0, 0.05) is 5.69 Å².